The molecule has 0 aliphatic carbocycles. The van der Waals surface area contributed by atoms with Crippen LogP contribution in [-0.4, -0.2) is 129 Å². The van der Waals surface area contributed by atoms with Gasteiger partial charge < -0.3 is 33.6 Å². The Labute approximate surface area is 269 Å². The van der Waals surface area contributed by atoms with Crippen LogP contribution in [0.2, 0.25) is 0 Å². The molecule has 2 fully saturated rings. The number of unbranched alkanes of at least 4 members (excludes halogenated alkanes) is 2. The van der Waals surface area contributed by atoms with E-state index in [1.807, 2.05) is 35.8 Å². The van der Waals surface area contributed by atoms with Crippen LogP contribution in [0.3, 0.4) is 0 Å². The lowest BCUT2D eigenvalue weighted by molar-refractivity contribution is -0.870. The van der Waals surface area contributed by atoms with Crippen molar-refractivity contribution in [1.29, 1.82) is 0 Å². The van der Waals surface area contributed by atoms with Gasteiger partial charge in [0.1, 0.15) is 0 Å². The summed E-state index contributed by atoms with van der Waals surface area (Å²) >= 11 is 0. The lowest BCUT2D eigenvalue weighted by Crippen LogP contribution is -2.46. The Morgan fingerprint density at radius 2 is 1.87 bits per heavy atom. The van der Waals surface area contributed by atoms with E-state index in [2.05, 4.69) is 33.0 Å². The number of methoxy groups -OCH3 is 1. The predicted molar refractivity (Wildman–Crippen MR) is 172 cm³/mol. The Balaban J connectivity index is 1.58. The van der Waals surface area contributed by atoms with Gasteiger partial charge in [0.2, 0.25) is 24.4 Å². The van der Waals surface area contributed by atoms with Gasteiger partial charge in [0, 0.05) is 50.1 Å². The topological polar surface area (TPSA) is 109 Å². The fraction of sp³-hybridized carbons (Fsp3) is 0.735. The first kappa shape index (κ1) is 34.8. The number of hydrogen-bond donors (Lipinski definition) is 1. The molecule has 4 rings (SSSR count). The number of nitrogens with zero attached hydrogens (tertiary/aromatic N) is 4. The zero-order valence-electron chi connectivity index (χ0n) is 28.5. The van der Waals surface area contributed by atoms with Crippen LogP contribution in [0.15, 0.2) is 12.1 Å². The van der Waals surface area contributed by atoms with E-state index in [-0.39, 0.29) is 25.2 Å². The van der Waals surface area contributed by atoms with Crippen molar-refractivity contribution in [3.05, 3.63) is 17.7 Å². The summed E-state index contributed by atoms with van der Waals surface area (Å²) in [6.45, 7) is 10.2. The molecule has 1 aromatic rings. The molecule has 2 amide bonds. The van der Waals surface area contributed by atoms with E-state index in [9.17, 15) is 19.5 Å². The van der Waals surface area contributed by atoms with E-state index in [4.69, 9.17) is 14.2 Å². The summed E-state index contributed by atoms with van der Waals surface area (Å²) in [5.74, 6) is -0.402. The number of likely N-dealkylation sites (tertiary alicyclic amines) is 2. The number of carboxylic acid groups (broad SMARTS) is 1. The van der Waals surface area contributed by atoms with Gasteiger partial charge in [-0.05, 0) is 49.8 Å². The maximum Gasteiger partial charge on any atom is 0.308 e. The third kappa shape index (κ3) is 8.41. The normalized spacial score (nSPS) is 22.7. The van der Waals surface area contributed by atoms with Crippen LogP contribution in [-0.2, 0) is 14.4 Å². The minimum Gasteiger partial charge on any atom is -0.493 e. The standard InChI is InChI=1S/C34H54N4O7/c1-8-9-14-35(15-10-11-18-38(4,5)6)29(39)22-37-21-25(24-19-27(43-7)31-28(20-24)44-23-45-31)30(32(40)41)26(37)12-16-36-17-13-34(2,3)33(36)42/h19-20,25-26,30H,8-18,21-23H2,1-7H3/p+1. The molecule has 3 atom stereocenters. The maximum absolute atomic E-state index is 13.9. The van der Waals surface area contributed by atoms with Crippen LogP contribution in [0, 0.1) is 11.3 Å². The first-order chi connectivity index (χ1) is 21.3. The molecule has 0 spiro atoms. The molecule has 1 aromatic carbocycles. The number of carboxylic acids is 1. The molecule has 3 unspecified atom stereocenters. The van der Waals surface area contributed by atoms with Crippen molar-refractivity contribution < 1.29 is 38.2 Å². The van der Waals surface area contributed by atoms with Crippen LogP contribution in [0.5, 0.6) is 17.2 Å². The van der Waals surface area contributed by atoms with Gasteiger partial charge in [0.05, 0.1) is 47.3 Å². The quantitative estimate of drug-likeness (QED) is 0.218. The first-order valence-electron chi connectivity index (χ1n) is 16.6. The highest BCUT2D eigenvalue weighted by molar-refractivity contribution is 5.84. The molecule has 0 aromatic heterocycles. The van der Waals surface area contributed by atoms with Crippen LogP contribution in [0.25, 0.3) is 0 Å². The van der Waals surface area contributed by atoms with Gasteiger partial charge in [0.25, 0.3) is 0 Å². The second-order valence-corrected chi connectivity index (χ2v) is 14.6. The van der Waals surface area contributed by atoms with Gasteiger partial charge in [-0.3, -0.25) is 19.3 Å². The number of fused-ring (bicyclic) bond motifs is 1. The second kappa shape index (κ2) is 14.6. The van der Waals surface area contributed by atoms with E-state index in [0.717, 1.165) is 48.7 Å². The Morgan fingerprint density at radius 3 is 2.49 bits per heavy atom. The fourth-order valence-electron chi connectivity index (χ4n) is 6.98. The summed E-state index contributed by atoms with van der Waals surface area (Å²) in [6, 6.07) is 3.27. The molecule has 3 aliphatic rings. The number of carbonyl (C=O) groups is 3. The van der Waals surface area contributed by atoms with E-state index in [1.54, 1.807) is 7.11 Å². The minimum absolute atomic E-state index is 0.0325. The average molecular weight is 632 g/mol. The average Bonchev–Trinajstić information content (AvgIpc) is 3.66. The third-order valence-corrected chi connectivity index (χ3v) is 9.69. The first-order valence-corrected chi connectivity index (χ1v) is 16.6. The molecule has 0 saturated carbocycles. The van der Waals surface area contributed by atoms with E-state index in [1.165, 1.54) is 0 Å². The second-order valence-electron chi connectivity index (χ2n) is 14.6. The maximum atomic E-state index is 13.9. The number of aliphatic carboxylic acids is 1. The van der Waals surface area contributed by atoms with Gasteiger partial charge in [0.15, 0.2) is 11.5 Å². The van der Waals surface area contributed by atoms with Crippen molar-refractivity contribution in [2.24, 2.45) is 11.3 Å². The molecule has 0 bridgehead atoms. The Hall–Kier alpha value is -3.05. The van der Waals surface area contributed by atoms with Crippen molar-refractivity contribution in [3.8, 4) is 17.2 Å². The van der Waals surface area contributed by atoms with Crippen molar-refractivity contribution in [3.63, 3.8) is 0 Å². The van der Waals surface area contributed by atoms with Crippen molar-refractivity contribution in [2.45, 2.75) is 71.3 Å². The summed E-state index contributed by atoms with van der Waals surface area (Å²) < 4.78 is 17.7. The van der Waals surface area contributed by atoms with Crippen LogP contribution >= 0.6 is 0 Å². The Morgan fingerprint density at radius 1 is 1.13 bits per heavy atom. The summed E-state index contributed by atoms with van der Waals surface area (Å²) in [5, 5.41) is 10.7. The van der Waals surface area contributed by atoms with Crippen LogP contribution < -0.4 is 14.2 Å². The molecular weight excluding hydrogens is 576 g/mol. The van der Waals surface area contributed by atoms with Crippen molar-refractivity contribution in [1.82, 2.24) is 14.7 Å². The van der Waals surface area contributed by atoms with Gasteiger partial charge >= 0.3 is 5.97 Å². The Kier molecular flexibility index (Phi) is 11.3. The van der Waals surface area contributed by atoms with E-state index >= 15 is 0 Å². The largest absolute Gasteiger partial charge is 0.493 e. The highest BCUT2D eigenvalue weighted by Gasteiger charge is 2.48. The molecule has 45 heavy (non-hydrogen) atoms. The molecule has 2 saturated heterocycles. The molecule has 252 valence electrons. The molecule has 0 radical (unpaired) electrons. The molecule has 3 heterocycles. The number of ether oxygens (including phenoxy) is 3. The summed E-state index contributed by atoms with van der Waals surface area (Å²) in [6.07, 6.45) is 5.13. The van der Waals surface area contributed by atoms with Gasteiger partial charge in [-0.1, -0.05) is 27.2 Å². The molecule has 1 N–H and O–H groups in total. The minimum atomic E-state index is -0.909. The fourth-order valence-corrected chi connectivity index (χ4v) is 6.98. The number of rotatable bonds is 16. The molecule has 3 aliphatic heterocycles. The number of amides is 2. The lowest BCUT2D eigenvalue weighted by Gasteiger charge is -2.31. The molecular formula is C34H55N4O7+. The smallest absolute Gasteiger partial charge is 0.308 e. The lowest BCUT2D eigenvalue weighted by atomic mass is 9.84. The zero-order valence-corrected chi connectivity index (χ0v) is 28.5. The number of quaternary nitrogens is 1. The van der Waals surface area contributed by atoms with E-state index < -0.39 is 29.3 Å². The van der Waals surface area contributed by atoms with Crippen LogP contribution in [0.1, 0.15) is 70.8 Å². The number of hydrogen-bond acceptors (Lipinski definition) is 7. The summed E-state index contributed by atoms with van der Waals surface area (Å²) in [4.78, 5) is 45.9. The van der Waals surface area contributed by atoms with Crippen molar-refractivity contribution in [2.75, 3.05) is 80.9 Å². The van der Waals surface area contributed by atoms with Crippen LogP contribution in [0.4, 0.5) is 0 Å². The third-order valence-electron chi connectivity index (χ3n) is 9.69. The summed E-state index contributed by atoms with van der Waals surface area (Å²) in [5.41, 5.74) is 0.374. The Bertz CT molecular complexity index is 1210. The molecule has 11 nitrogen and oxygen atoms in total. The molecule has 11 heteroatoms. The predicted octanol–water partition coefficient (Wildman–Crippen LogP) is 3.66. The van der Waals surface area contributed by atoms with Gasteiger partial charge in [-0.2, -0.15) is 0 Å². The van der Waals surface area contributed by atoms with E-state index in [0.29, 0.717) is 56.4 Å². The monoisotopic (exact) mass is 631 g/mol. The number of carbonyl (C=O) groups excluding carboxylic acids is 2. The highest BCUT2D eigenvalue weighted by Crippen LogP contribution is 2.47. The van der Waals surface area contributed by atoms with Crippen molar-refractivity contribution >= 4 is 17.8 Å². The SMILES string of the molecule is CCCCN(CCCC[N+](C)(C)C)C(=O)CN1CC(c2cc(OC)c3c(c2)OCO3)C(C(=O)O)C1CCN1CCC(C)(C)C1=O. The van der Waals surface area contributed by atoms with Gasteiger partial charge in [-0.15, -0.1) is 0 Å². The number of benzene rings is 1. The zero-order chi connectivity index (χ0) is 32.9. The highest BCUT2D eigenvalue weighted by atomic mass is 16.7. The summed E-state index contributed by atoms with van der Waals surface area (Å²) in [7, 11) is 8.08. The van der Waals surface area contributed by atoms with Gasteiger partial charge in [-0.25, -0.2) is 0 Å².